The summed E-state index contributed by atoms with van der Waals surface area (Å²) in [5, 5.41) is 0. The number of carbonyl (C=O) groups is 1. The van der Waals surface area contributed by atoms with E-state index in [-0.39, 0.29) is 5.97 Å². The summed E-state index contributed by atoms with van der Waals surface area (Å²) in [5.41, 5.74) is 7.99. The lowest BCUT2D eigenvalue weighted by molar-refractivity contribution is 0.0600. The average Bonchev–Trinajstić information content (AvgIpc) is 2.19. The summed E-state index contributed by atoms with van der Waals surface area (Å²) >= 11 is 4.24. The molecule has 1 aromatic rings. The van der Waals surface area contributed by atoms with Gasteiger partial charge in [-0.25, -0.2) is 4.79 Å². The molecule has 1 aromatic carbocycles. The Hall–Kier alpha value is -0.0500. The lowest BCUT2D eigenvalue weighted by atomic mass is 10.1. The summed E-state index contributed by atoms with van der Waals surface area (Å²) in [5.74, 6) is -0.321. The summed E-state index contributed by atoms with van der Waals surface area (Å²) in [6, 6.07) is 1.75. The standard InChI is InChI=1S/C9H9I2NO2/c1-4-5(9(13)14-2)3-6(10)8(12)7(4)11/h3H,12H2,1-2H3. The van der Waals surface area contributed by atoms with E-state index in [9.17, 15) is 4.79 Å². The fourth-order valence-electron chi connectivity index (χ4n) is 1.06. The number of ether oxygens (including phenoxy) is 1. The summed E-state index contributed by atoms with van der Waals surface area (Å²) in [7, 11) is 1.37. The maximum Gasteiger partial charge on any atom is 0.338 e. The molecule has 0 fully saturated rings. The van der Waals surface area contributed by atoms with Crippen molar-refractivity contribution < 1.29 is 9.53 Å². The molecule has 0 saturated heterocycles. The molecule has 0 radical (unpaired) electrons. The minimum absolute atomic E-state index is 0.321. The van der Waals surface area contributed by atoms with Gasteiger partial charge in [-0.3, -0.25) is 0 Å². The number of nitrogen functional groups attached to an aromatic ring is 1. The van der Waals surface area contributed by atoms with Crippen molar-refractivity contribution in [3.8, 4) is 0 Å². The van der Waals surface area contributed by atoms with Gasteiger partial charge in [0.1, 0.15) is 0 Å². The molecule has 0 heterocycles. The van der Waals surface area contributed by atoms with Gasteiger partial charge >= 0.3 is 5.97 Å². The molecule has 0 spiro atoms. The number of hydrogen-bond donors (Lipinski definition) is 1. The van der Waals surface area contributed by atoms with Crippen LogP contribution < -0.4 is 5.73 Å². The first-order valence-corrected chi connectivity index (χ1v) is 5.97. The Morgan fingerprint density at radius 1 is 1.50 bits per heavy atom. The van der Waals surface area contributed by atoms with E-state index in [4.69, 9.17) is 5.73 Å². The molecule has 14 heavy (non-hydrogen) atoms. The van der Waals surface area contributed by atoms with Crippen LogP contribution in [0, 0.1) is 14.1 Å². The Labute approximate surface area is 110 Å². The van der Waals surface area contributed by atoms with Crippen LogP contribution in [-0.4, -0.2) is 13.1 Å². The van der Waals surface area contributed by atoms with Crippen LogP contribution in [0.4, 0.5) is 5.69 Å². The van der Waals surface area contributed by atoms with Crippen molar-refractivity contribution in [1.82, 2.24) is 0 Å². The SMILES string of the molecule is COC(=O)c1cc(I)c(N)c(I)c1C. The number of nitrogens with two attached hydrogens (primary N) is 1. The number of methoxy groups -OCH3 is 1. The van der Waals surface area contributed by atoms with Gasteiger partial charge in [0.15, 0.2) is 0 Å². The van der Waals surface area contributed by atoms with Crippen molar-refractivity contribution >= 4 is 56.8 Å². The molecule has 76 valence electrons. The van der Waals surface area contributed by atoms with E-state index in [2.05, 4.69) is 49.9 Å². The number of benzene rings is 1. The van der Waals surface area contributed by atoms with E-state index in [0.717, 1.165) is 18.4 Å². The largest absolute Gasteiger partial charge is 0.465 e. The van der Waals surface area contributed by atoms with Crippen molar-refractivity contribution in [2.45, 2.75) is 6.92 Å². The molecule has 0 aliphatic heterocycles. The van der Waals surface area contributed by atoms with Gasteiger partial charge in [0.2, 0.25) is 0 Å². The molecule has 1 rings (SSSR count). The van der Waals surface area contributed by atoms with Gasteiger partial charge in [-0.15, -0.1) is 0 Å². The topological polar surface area (TPSA) is 52.3 Å². The highest BCUT2D eigenvalue weighted by Gasteiger charge is 2.15. The van der Waals surface area contributed by atoms with Crippen LogP contribution in [0.15, 0.2) is 6.07 Å². The van der Waals surface area contributed by atoms with E-state index in [1.807, 2.05) is 6.92 Å². The van der Waals surface area contributed by atoms with Crippen LogP contribution in [0.3, 0.4) is 0 Å². The zero-order valence-corrected chi connectivity index (χ0v) is 12.0. The molecule has 0 atom stereocenters. The first-order chi connectivity index (χ1) is 6.49. The van der Waals surface area contributed by atoms with Gasteiger partial charge in [0.25, 0.3) is 0 Å². The van der Waals surface area contributed by atoms with Crippen LogP contribution in [-0.2, 0) is 4.74 Å². The summed E-state index contributed by atoms with van der Waals surface area (Å²) in [6.45, 7) is 1.86. The lowest BCUT2D eigenvalue weighted by Crippen LogP contribution is -2.08. The van der Waals surface area contributed by atoms with Crippen molar-refractivity contribution in [3.05, 3.63) is 24.3 Å². The average molecular weight is 417 g/mol. The van der Waals surface area contributed by atoms with Crippen LogP contribution in [0.2, 0.25) is 0 Å². The maximum atomic E-state index is 11.4. The second kappa shape index (κ2) is 4.65. The summed E-state index contributed by atoms with van der Waals surface area (Å²) in [4.78, 5) is 11.4. The molecule has 0 amide bonds. The third kappa shape index (κ3) is 2.13. The molecular formula is C9H9I2NO2. The van der Waals surface area contributed by atoms with Crippen molar-refractivity contribution in [1.29, 1.82) is 0 Å². The molecule has 0 bridgehead atoms. The second-order valence-electron chi connectivity index (χ2n) is 2.75. The number of anilines is 1. The minimum Gasteiger partial charge on any atom is -0.465 e. The molecule has 3 nitrogen and oxygen atoms in total. The molecule has 0 aliphatic rings. The summed E-state index contributed by atoms with van der Waals surface area (Å²) in [6.07, 6.45) is 0. The summed E-state index contributed by atoms with van der Waals surface area (Å²) < 4.78 is 6.47. The molecule has 0 unspecified atom stereocenters. The number of rotatable bonds is 1. The molecule has 5 heteroatoms. The van der Waals surface area contributed by atoms with Crippen molar-refractivity contribution in [2.24, 2.45) is 0 Å². The number of hydrogen-bond acceptors (Lipinski definition) is 3. The smallest absolute Gasteiger partial charge is 0.338 e. The number of carbonyl (C=O) groups excluding carboxylic acids is 1. The fourth-order valence-corrected chi connectivity index (χ4v) is 2.74. The van der Waals surface area contributed by atoms with Gasteiger partial charge in [0.05, 0.1) is 18.4 Å². The third-order valence-corrected chi connectivity index (χ3v) is 4.19. The van der Waals surface area contributed by atoms with E-state index in [0.29, 0.717) is 5.56 Å². The predicted octanol–water partition coefficient (Wildman–Crippen LogP) is 2.57. The van der Waals surface area contributed by atoms with E-state index in [1.165, 1.54) is 7.11 Å². The van der Waals surface area contributed by atoms with Crippen molar-refractivity contribution in [2.75, 3.05) is 12.8 Å². The fraction of sp³-hybridized carbons (Fsp3) is 0.222. The first kappa shape index (κ1) is 12.0. The van der Waals surface area contributed by atoms with Crippen LogP contribution in [0.5, 0.6) is 0 Å². The van der Waals surface area contributed by atoms with Crippen LogP contribution in [0.1, 0.15) is 15.9 Å². The van der Waals surface area contributed by atoms with Gasteiger partial charge < -0.3 is 10.5 Å². The zero-order valence-electron chi connectivity index (χ0n) is 7.73. The quantitative estimate of drug-likeness (QED) is 0.435. The molecule has 0 aliphatic carbocycles. The van der Waals surface area contributed by atoms with E-state index >= 15 is 0 Å². The lowest BCUT2D eigenvalue weighted by Gasteiger charge is -2.10. The Balaban J connectivity index is 3.40. The second-order valence-corrected chi connectivity index (χ2v) is 4.99. The minimum atomic E-state index is -0.321. The highest BCUT2D eigenvalue weighted by molar-refractivity contribution is 14.1. The van der Waals surface area contributed by atoms with Gasteiger partial charge in [-0.1, -0.05) is 0 Å². The van der Waals surface area contributed by atoms with Gasteiger partial charge in [0, 0.05) is 7.14 Å². The highest BCUT2D eigenvalue weighted by Crippen LogP contribution is 2.28. The van der Waals surface area contributed by atoms with E-state index < -0.39 is 0 Å². The highest BCUT2D eigenvalue weighted by atomic mass is 127. The normalized spacial score (nSPS) is 10.0. The van der Waals surface area contributed by atoms with Crippen LogP contribution >= 0.6 is 45.2 Å². The third-order valence-electron chi connectivity index (χ3n) is 1.90. The van der Waals surface area contributed by atoms with Crippen molar-refractivity contribution in [3.63, 3.8) is 0 Å². The van der Waals surface area contributed by atoms with E-state index in [1.54, 1.807) is 6.07 Å². The monoisotopic (exact) mass is 417 g/mol. The van der Waals surface area contributed by atoms with Crippen LogP contribution in [0.25, 0.3) is 0 Å². The first-order valence-electron chi connectivity index (χ1n) is 3.81. The molecular weight excluding hydrogens is 408 g/mol. The Morgan fingerprint density at radius 2 is 2.07 bits per heavy atom. The zero-order chi connectivity index (χ0) is 10.9. The molecule has 0 saturated carbocycles. The molecule has 2 N–H and O–H groups in total. The number of halogens is 2. The maximum absolute atomic E-state index is 11.4. The number of esters is 1. The van der Waals surface area contributed by atoms with Gasteiger partial charge in [-0.05, 0) is 63.7 Å². The Bertz CT molecular complexity index is 391. The van der Waals surface area contributed by atoms with Gasteiger partial charge in [-0.2, -0.15) is 0 Å². The predicted molar refractivity (Wildman–Crippen MR) is 72.4 cm³/mol. The Kier molecular flexibility index (Phi) is 3.99. The Morgan fingerprint density at radius 3 is 2.57 bits per heavy atom. The molecule has 0 aromatic heterocycles.